The number of aliphatic carboxylic acids is 1. The second-order valence-corrected chi connectivity index (χ2v) is 10.9. The maximum absolute atomic E-state index is 11.4. The van der Waals surface area contributed by atoms with Gasteiger partial charge in [-0.2, -0.15) is 9.61 Å². The van der Waals surface area contributed by atoms with Gasteiger partial charge < -0.3 is 16.2 Å². The van der Waals surface area contributed by atoms with Crippen LogP contribution in [0.5, 0.6) is 0 Å². The van der Waals surface area contributed by atoms with Crippen LogP contribution in [-0.2, 0) is 4.79 Å². The van der Waals surface area contributed by atoms with Crippen molar-refractivity contribution in [3.05, 3.63) is 63.1 Å². The van der Waals surface area contributed by atoms with Crippen molar-refractivity contribution in [2.45, 2.75) is 58.3 Å². The van der Waals surface area contributed by atoms with Gasteiger partial charge in [-0.05, 0) is 77.6 Å². The molecule has 0 saturated heterocycles. The van der Waals surface area contributed by atoms with E-state index in [1.54, 1.807) is 4.52 Å². The van der Waals surface area contributed by atoms with Crippen LogP contribution >= 0.6 is 15.9 Å². The molecule has 2 aromatic rings. The molecule has 0 aromatic carbocycles. The molecule has 0 atom stereocenters. The van der Waals surface area contributed by atoms with Crippen molar-refractivity contribution in [3.63, 3.8) is 0 Å². The first kappa shape index (κ1) is 23.9. The van der Waals surface area contributed by atoms with E-state index in [1.165, 1.54) is 16.8 Å². The van der Waals surface area contributed by atoms with Crippen molar-refractivity contribution < 1.29 is 9.90 Å². The van der Waals surface area contributed by atoms with E-state index in [0.717, 1.165) is 52.6 Å². The Hall–Kier alpha value is -2.87. The highest BCUT2D eigenvalue weighted by atomic mass is 79.9. The second kappa shape index (κ2) is 9.64. The molecule has 5 rings (SSSR count). The molecule has 1 saturated carbocycles. The third-order valence-corrected chi connectivity index (χ3v) is 8.46. The highest BCUT2D eigenvalue weighted by molar-refractivity contribution is 9.10. The molecular weight excluding hydrogens is 506 g/mol. The van der Waals surface area contributed by atoms with Crippen LogP contribution in [0.15, 0.2) is 51.8 Å². The van der Waals surface area contributed by atoms with Crippen molar-refractivity contribution in [1.82, 2.24) is 19.9 Å². The number of anilines is 1. The molecule has 2 aromatic heterocycles. The van der Waals surface area contributed by atoms with Gasteiger partial charge in [0.1, 0.15) is 5.82 Å². The molecule has 7 nitrogen and oxygen atoms in total. The van der Waals surface area contributed by atoms with Crippen molar-refractivity contribution in [2.75, 3.05) is 12.3 Å². The summed E-state index contributed by atoms with van der Waals surface area (Å²) in [5.41, 5.74) is 14.2. The minimum atomic E-state index is -0.701. The van der Waals surface area contributed by atoms with Crippen LogP contribution in [0.1, 0.15) is 69.5 Å². The van der Waals surface area contributed by atoms with E-state index < -0.39 is 5.97 Å². The summed E-state index contributed by atoms with van der Waals surface area (Å²) < 4.78 is 2.45. The molecule has 1 fully saturated rings. The first-order chi connectivity index (χ1) is 16.8. The third kappa shape index (κ3) is 4.56. The lowest BCUT2D eigenvalue weighted by Crippen LogP contribution is -2.22. The Morgan fingerprint density at radius 1 is 1.14 bits per heavy atom. The number of nitrogens with two attached hydrogens (primary N) is 1. The Morgan fingerprint density at radius 2 is 1.89 bits per heavy atom. The van der Waals surface area contributed by atoms with Gasteiger partial charge in [-0.25, -0.2) is 4.98 Å². The van der Waals surface area contributed by atoms with Crippen molar-refractivity contribution in [2.24, 2.45) is 11.8 Å². The number of carboxylic acids is 1. The maximum Gasteiger partial charge on any atom is 0.306 e. The fraction of sp³-hybridized carbons (Fsp3) is 0.444. The summed E-state index contributed by atoms with van der Waals surface area (Å²) in [6.45, 7) is 5.20. The highest BCUT2D eigenvalue weighted by Gasteiger charge is 2.30. The number of hydrogen-bond donors (Lipinski definition) is 3. The molecule has 0 bridgehead atoms. The maximum atomic E-state index is 11.4. The quantitative estimate of drug-likeness (QED) is 0.458. The number of carbonyl (C=O) groups is 1. The molecule has 1 aliphatic heterocycles. The van der Waals surface area contributed by atoms with Gasteiger partial charge in [0, 0.05) is 23.7 Å². The molecule has 0 unspecified atom stereocenters. The molecular formula is C27H32BrN5O2. The van der Waals surface area contributed by atoms with Gasteiger partial charge in [0.2, 0.25) is 0 Å². The Morgan fingerprint density at radius 3 is 2.49 bits per heavy atom. The smallest absolute Gasteiger partial charge is 0.306 e. The van der Waals surface area contributed by atoms with Gasteiger partial charge in [0.05, 0.1) is 22.3 Å². The largest absolute Gasteiger partial charge is 0.481 e. The number of nitrogen functional groups attached to an aromatic ring is 1. The van der Waals surface area contributed by atoms with E-state index in [9.17, 15) is 9.90 Å². The van der Waals surface area contributed by atoms with Gasteiger partial charge >= 0.3 is 5.97 Å². The molecule has 4 N–H and O–H groups in total. The van der Waals surface area contributed by atoms with Crippen molar-refractivity contribution in [1.29, 1.82) is 0 Å². The number of nitrogens with one attached hydrogen (secondary N) is 1. The Labute approximate surface area is 214 Å². The van der Waals surface area contributed by atoms with Crippen molar-refractivity contribution in [3.8, 4) is 0 Å². The standard InChI is InChI=1S/C27H32BrN5O2/c1-15(2)16-3-5-17(6-4-16)22-12-11-20(13-30-22)21-14-31-33-25(29)23(28)24(32-26(21)33)18-7-9-19(10-8-18)27(34)35/h3,5,11-12,14-15,18-19,30H,4,6-10,13,29H2,1-2H3,(H,34,35)/t18-,19-. The van der Waals surface area contributed by atoms with Crippen molar-refractivity contribution >= 4 is 38.9 Å². The first-order valence-corrected chi connectivity index (χ1v) is 13.2. The summed E-state index contributed by atoms with van der Waals surface area (Å²) in [5, 5.41) is 17.5. The Kier molecular flexibility index (Phi) is 6.57. The number of carboxylic acid groups (broad SMARTS) is 1. The average Bonchev–Trinajstić information content (AvgIpc) is 3.30. The van der Waals surface area contributed by atoms with E-state index >= 15 is 0 Å². The number of aromatic nitrogens is 3. The molecule has 2 aliphatic carbocycles. The summed E-state index contributed by atoms with van der Waals surface area (Å²) in [4.78, 5) is 16.4. The lowest BCUT2D eigenvalue weighted by molar-refractivity contribution is -0.142. The summed E-state index contributed by atoms with van der Waals surface area (Å²) >= 11 is 3.64. The van der Waals surface area contributed by atoms with Crippen LogP contribution < -0.4 is 11.1 Å². The van der Waals surface area contributed by atoms with Gasteiger partial charge in [-0.1, -0.05) is 37.6 Å². The fourth-order valence-corrected chi connectivity index (χ4v) is 5.96. The lowest BCUT2D eigenvalue weighted by Gasteiger charge is -2.27. The molecule has 35 heavy (non-hydrogen) atoms. The number of fused-ring (bicyclic) bond motifs is 1. The molecule has 3 aliphatic rings. The molecule has 0 amide bonds. The minimum absolute atomic E-state index is 0.182. The number of nitrogens with zero attached hydrogens (tertiary/aromatic N) is 3. The van der Waals surface area contributed by atoms with Gasteiger partial charge in [-0.3, -0.25) is 4.79 Å². The monoisotopic (exact) mass is 537 g/mol. The summed E-state index contributed by atoms with van der Waals surface area (Å²) in [6.07, 6.45) is 15.7. The molecule has 8 heteroatoms. The zero-order valence-electron chi connectivity index (χ0n) is 20.2. The molecule has 184 valence electrons. The van der Waals surface area contributed by atoms with Gasteiger partial charge in [0.25, 0.3) is 0 Å². The predicted molar refractivity (Wildman–Crippen MR) is 142 cm³/mol. The van der Waals surface area contributed by atoms with Crippen LogP contribution in [0.3, 0.4) is 0 Å². The van der Waals surface area contributed by atoms with Gasteiger partial charge in [-0.15, -0.1) is 0 Å². The number of halogens is 1. The summed E-state index contributed by atoms with van der Waals surface area (Å²) in [6, 6.07) is 0. The van der Waals surface area contributed by atoms with E-state index in [4.69, 9.17) is 10.7 Å². The lowest BCUT2D eigenvalue weighted by atomic mass is 9.80. The molecule has 3 heterocycles. The molecule has 0 spiro atoms. The van der Waals surface area contributed by atoms with Crippen LogP contribution in [0.4, 0.5) is 5.82 Å². The zero-order valence-corrected chi connectivity index (χ0v) is 21.8. The van der Waals surface area contributed by atoms with Gasteiger partial charge in [0.15, 0.2) is 5.65 Å². The SMILES string of the molecule is CC(C)C1=CC=C(C2=CC=C(c3cnn4c(N)c(Br)c([C@H]5CC[C@H](C(=O)O)CC5)nc34)CN2)CC1. The van der Waals surface area contributed by atoms with Crippen LogP contribution in [0, 0.1) is 11.8 Å². The topological polar surface area (TPSA) is 106 Å². The number of allylic oxidation sites excluding steroid dienone is 6. The molecule has 0 radical (unpaired) electrons. The van der Waals surface area contributed by atoms with E-state index in [2.05, 4.69) is 64.5 Å². The number of rotatable bonds is 5. The van der Waals surface area contributed by atoms with Crippen LogP contribution in [0.25, 0.3) is 11.2 Å². The van der Waals surface area contributed by atoms with E-state index in [-0.39, 0.29) is 11.8 Å². The Balaban J connectivity index is 1.43. The van der Waals surface area contributed by atoms with Crippen LogP contribution in [0.2, 0.25) is 0 Å². The van der Waals surface area contributed by atoms with Crippen LogP contribution in [-0.4, -0.2) is 32.2 Å². The first-order valence-electron chi connectivity index (χ1n) is 12.4. The summed E-state index contributed by atoms with van der Waals surface area (Å²) in [5.74, 6) is 0.343. The zero-order chi connectivity index (χ0) is 24.7. The summed E-state index contributed by atoms with van der Waals surface area (Å²) in [7, 11) is 0. The third-order valence-electron chi connectivity index (χ3n) is 7.65. The average molecular weight is 538 g/mol. The normalized spacial score (nSPS) is 22.9. The van der Waals surface area contributed by atoms with E-state index in [0.29, 0.717) is 31.1 Å². The fourth-order valence-electron chi connectivity index (χ4n) is 5.38. The predicted octanol–water partition coefficient (Wildman–Crippen LogP) is 5.61. The number of dihydropyridines is 1. The number of hydrogen-bond acceptors (Lipinski definition) is 5. The highest BCUT2D eigenvalue weighted by Crippen LogP contribution is 2.40. The van der Waals surface area contributed by atoms with E-state index in [1.807, 2.05) is 6.20 Å². The Bertz CT molecular complexity index is 1290. The minimum Gasteiger partial charge on any atom is -0.481 e. The second-order valence-electron chi connectivity index (χ2n) is 10.1.